The van der Waals surface area contributed by atoms with E-state index in [1.165, 1.54) is 16.8 Å². The summed E-state index contributed by atoms with van der Waals surface area (Å²) in [6.07, 6.45) is -0.747. The quantitative estimate of drug-likeness (QED) is 0.562. The van der Waals surface area contributed by atoms with Crippen molar-refractivity contribution in [3.8, 4) is 0 Å². The number of amides is 2. The Bertz CT molecular complexity index is 526. The van der Waals surface area contributed by atoms with Crippen molar-refractivity contribution < 1.29 is 14.7 Å². The highest BCUT2D eigenvalue weighted by molar-refractivity contribution is 5.92. The minimum Gasteiger partial charge on any atom is -0.381 e. The van der Waals surface area contributed by atoms with Crippen molar-refractivity contribution in [2.45, 2.75) is 26.0 Å². The van der Waals surface area contributed by atoms with Crippen molar-refractivity contribution in [3.63, 3.8) is 0 Å². The lowest BCUT2D eigenvalue weighted by Gasteiger charge is -2.09. The molecule has 2 amide bonds. The van der Waals surface area contributed by atoms with E-state index in [9.17, 15) is 14.4 Å². The van der Waals surface area contributed by atoms with Crippen LogP contribution in [-0.4, -0.2) is 39.4 Å². The van der Waals surface area contributed by atoms with Gasteiger partial charge in [0.25, 0.3) is 11.5 Å². The molecule has 0 saturated heterocycles. The van der Waals surface area contributed by atoms with Crippen molar-refractivity contribution in [2.24, 2.45) is 5.73 Å². The van der Waals surface area contributed by atoms with Gasteiger partial charge in [-0.15, -0.1) is 0 Å². The van der Waals surface area contributed by atoms with Gasteiger partial charge in [-0.1, -0.05) is 6.92 Å². The lowest BCUT2D eigenvalue weighted by molar-refractivity contribution is -0.125. The Hall–Kier alpha value is -2.22. The molecule has 0 aliphatic rings. The van der Waals surface area contributed by atoms with E-state index in [0.717, 1.165) is 0 Å². The smallest absolute Gasteiger partial charge is 0.271 e. The van der Waals surface area contributed by atoms with Crippen molar-refractivity contribution in [3.05, 3.63) is 28.2 Å². The predicted octanol–water partition coefficient (Wildman–Crippen LogP) is -1.77. The number of hydrogen-bond acceptors (Lipinski definition) is 5. The Morgan fingerprint density at radius 3 is 2.79 bits per heavy atom. The Balaban J connectivity index is 2.74. The summed E-state index contributed by atoms with van der Waals surface area (Å²) in [5, 5.41) is 15.3. The fourth-order valence-corrected chi connectivity index (χ4v) is 1.32. The van der Waals surface area contributed by atoms with Crippen LogP contribution < -0.4 is 16.6 Å². The van der Waals surface area contributed by atoms with Gasteiger partial charge in [0.1, 0.15) is 11.8 Å². The topological polar surface area (TPSA) is 127 Å². The number of carbonyl (C=O) groups is 2. The molecule has 4 N–H and O–H groups in total. The molecule has 1 aromatic heterocycles. The average molecular weight is 268 g/mol. The van der Waals surface area contributed by atoms with Gasteiger partial charge in [0.15, 0.2) is 0 Å². The molecular weight excluding hydrogens is 252 g/mol. The van der Waals surface area contributed by atoms with Gasteiger partial charge in [0.2, 0.25) is 5.91 Å². The number of carbonyl (C=O) groups excluding carboxylic acids is 2. The molecule has 0 aromatic carbocycles. The average Bonchev–Trinajstić information content (AvgIpc) is 2.38. The summed E-state index contributed by atoms with van der Waals surface area (Å²) >= 11 is 0. The molecule has 0 aliphatic carbocycles. The summed E-state index contributed by atoms with van der Waals surface area (Å²) in [6, 6.07) is 2.52. The van der Waals surface area contributed by atoms with Gasteiger partial charge in [-0.05, 0) is 12.5 Å². The molecule has 1 aromatic rings. The maximum absolute atomic E-state index is 11.7. The summed E-state index contributed by atoms with van der Waals surface area (Å²) < 4.78 is 1.18. The maximum atomic E-state index is 11.7. The van der Waals surface area contributed by atoms with Gasteiger partial charge in [0.05, 0.1) is 6.54 Å². The van der Waals surface area contributed by atoms with E-state index in [1.807, 2.05) is 6.92 Å². The third kappa shape index (κ3) is 4.18. The molecule has 0 spiro atoms. The molecule has 0 aliphatic heterocycles. The highest BCUT2D eigenvalue weighted by Gasteiger charge is 2.14. The second-order valence-electron chi connectivity index (χ2n) is 3.91. The van der Waals surface area contributed by atoms with Crippen LogP contribution in [0.5, 0.6) is 0 Å². The minimum atomic E-state index is -1.45. The first-order valence-electron chi connectivity index (χ1n) is 5.79. The van der Waals surface area contributed by atoms with Crippen LogP contribution in [-0.2, 0) is 11.3 Å². The lowest BCUT2D eigenvalue weighted by Crippen LogP contribution is -2.40. The Labute approximate surface area is 109 Å². The molecule has 19 heavy (non-hydrogen) atoms. The van der Waals surface area contributed by atoms with Crippen LogP contribution in [0.25, 0.3) is 0 Å². The second kappa shape index (κ2) is 6.64. The van der Waals surface area contributed by atoms with Crippen LogP contribution >= 0.6 is 0 Å². The van der Waals surface area contributed by atoms with E-state index in [1.54, 1.807) is 0 Å². The number of nitrogens with two attached hydrogens (primary N) is 1. The first-order valence-corrected chi connectivity index (χ1v) is 5.79. The largest absolute Gasteiger partial charge is 0.381 e. The van der Waals surface area contributed by atoms with Gasteiger partial charge < -0.3 is 16.2 Å². The predicted molar refractivity (Wildman–Crippen MR) is 66.3 cm³/mol. The molecule has 104 valence electrons. The Kier molecular flexibility index (Phi) is 5.19. The van der Waals surface area contributed by atoms with Gasteiger partial charge in [-0.25, -0.2) is 4.68 Å². The number of primary amides is 1. The van der Waals surface area contributed by atoms with Gasteiger partial charge in [-0.3, -0.25) is 14.4 Å². The van der Waals surface area contributed by atoms with Crippen LogP contribution in [0.1, 0.15) is 23.8 Å². The maximum Gasteiger partial charge on any atom is 0.271 e. The van der Waals surface area contributed by atoms with Crippen molar-refractivity contribution in [1.82, 2.24) is 15.1 Å². The molecule has 1 unspecified atom stereocenters. The van der Waals surface area contributed by atoms with Crippen LogP contribution in [0.3, 0.4) is 0 Å². The molecule has 0 bridgehead atoms. The van der Waals surface area contributed by atoms with Crippen LogP contribution in [0, 0.1) is 0 Å². The van der Waals surface area contributed by atoms with Crippen LogP contribution in [0.4, 0.5) is 0 Å². The first kappa shape index (κ1) is 14.8. The van der Waals surface area contributed by atoms with Crippen LogP contribution in [0.15, 0.2) is 16.9 Å². The number of aromatic nitrogens is 2. The molecule has 0 saturated carbocycles. The minimum absolute atomic E-state index is 0.0321. The van der Waals surface area contributed by atoms with E-state index in [2.05, 4.69) is 10.4 Å². The summed E-state index contributed by atoms with van der Waals surface area (Å²) in [4.78, 5) is 33.7. The Morgan fingerprint density at radius 1 is 1.53 bits per heavy atom. The zero-order valence-electron chi connectivity index (χ0n) is 10.5. The summed E-state index contributed by atoms with van der Waals surface area (Å²) in [5.41, 5.74) is 4.58. The number of aliphatic hydroxyl groups excluding tert-OH is 1. The van der Waals surface area contributed by atoms with Gasteiger partial charge in [-0.2, -0.15) is 5.10 Å². The number of nitrogens with one attached hydrogen (secondary N) is 1. The molecule has 0 fully saturated rings. The normalized spacial score (nSPS) is 11.9. The third-order valence-electron chi connectivity index (χ3n) is 2.32. The number of rotatable bonds is 6. The number of aryl methyl sites for hydroxylation is 1. The molecule has 8 heteroatoms. The fraction of sp³-hybridized carbons (Fsp3) is 0.455. The SMILES string of the molecule is CCCn1nc(C(=O)NCC(O)C(N)=O)ccc1=O. The highest BCUT2D eigenvalue weighted by atomic mass is 16.3. The van der Waals surface area contributed by atoms with Crippen molar-refractivity contribution in [2.75, 3.05) is 6.54 Å². The zero-order chi connectivity index (χ0) is 14.4. The second-order valence-corrected chi connectivity index (χ2v) is 3.91. The summed E-state index contributed by atoms with van der Waals surface area (Å²) in [6.45, 7) is 1.98. The van der Waals surface area contributed by atoms with Gasteiger partial charge >= 0.3 is 0 Å². The fourth-order valence-electron chi connectivity index (χ4n) is 1.32. The van der Waals surface area contributed by atoms with Crippen molar-refractivity contribution >= 4 is 11.8 Å². The van der Waals surface area contributed by atoms with Crippen molar-refractivity contribution in [1.29, 1.82) is 0 Å². The molecule has 8 nitrogen and oxygen atoms in total. The molecule has 0 radical (unpaired) electrons. The van der Waals surface area contributed by atoms with E-state index in [-0.39, 0.29) is 17.8 Å². The Morgan fingerprint density at radius 2 is 2.21 bits per heavy atom. The molecular formula is C11H16N4O4. The van der Waals surface area contributed by atoms with E-state index in [4.69, 9.17) is 10.8 Å². The highest BCUT2D eigenvalue weighted by Crippen LogP contribution is 1.92. The molecule has 1 heterocycles. The van der Waals surface area contributed by atoms with E-state index >= 15 is 0 Å². The summed E-state index contributed by atoms with van der Waals surface area (Å²) in [5.74, 6) is -1.52. The number of aliphatic hydroxyl groups is 1. The standard InChI is InChI=1S/C11H16N4O4/c1-2-5-15-9(17)4-3-7(14-15)11(19)13-6-8(16)10(12)18/h3-4,8,16H,2,5-6H2,1H3,(H2,12,18)(H,13,19). The third-order valence-corrected chi connectivity index (χ3v) is 2.32. The molecule has 1 rings (SSSR count). The van der Waals surface area contributed by atoms with E-state index in [0.29, 0.717) is 13.0 Å². The zero-order valence-corrected chi connectivity index (χ0v) is 10.5. The van der Waals surface area contributed by atoms with Gasteiger partial charge in [0, 0.05) is 12.6 Å². The molecule has 1 atom stereocenters. The first-order chi connectivity index (χ1) is 8.95. The number of hydrogen-bond donors (Lipinski definition) is 3. The van der Waals surface area contributed by atoms with E-state index < -0.39 is 17.9 Å². The number of nitrogens with zero attached hydrogens (tertiary/aromatic N) is 2. The summed E-state index contributed by atoms with van der Waals surface area (Å²) in [7, 11) is 0. The lowest BCUT2D eigenvalue weighted by atomic mass is 10.3. The van der Waals surface area contributed by atoms with Crippen LogP contribution in [0.2, 0.25) is 0 Å². The monoisotopic (exact) mass is 268 g/mol.